The van der Waals surface area contributed by atoms with Gasteiger partial charge in [0.1, 0.15) is 17.3 Å². The lowest BCUT2D eigenvalue weighted by Gasteiger charge is -2.13. The minimum atomic E-state index is -4.52. The third-order valence-electron chi connectivity index (χ3n) is 2.62. The van der Waals surface area contributed by atoms with Gasteiger partial charge in [-0.25, -0.2) is 0 Å². The molecule has 2 aromatic rings. The molecule has 0 unspecified atom stereocenters. The van der Waals surface area contributed by atoms with Gasteiger partial charge in [0.25, 0.3) is 0 Å². The van der Waals surface area contributed by atoms with Crippen LogP contribution in [0.1, 0.15) is 11.1 Å². The van der Waals surface area contributed by atoms with Crippen molar-refractivity contribution in [1.29, 1.82) is 5.41 Å². The number of hydrogen-bond acceptors (Lipinski definition) is 2. The Balaban J connectivity index is 2.42. The lowest BCUT2D eigenvalue weighted by molar-refractivity contribution is -0.137. The maximum Gasteiger partial charge on any atom is 0.416 e. The molecule has 3 nitrogen and oxygen atoms in total. The van der Waals surface area contributed by atoms with E-state index >= 15 is 0 Å². The Labute approximate surface area is 123 Å². The van der Waals surface area contributed by atoms with Crippen molar-refractivity contribution in [3.63, 3.8) is 0 Å². The van der Waals surface area contributed by atoms with Crippen molar-refractivity contribution in [3.05, 3.63) is 58.6 Å². The molecule has 0 heterocycles. The molecule has 0 aromatic heterocycles. The first kappa shape index (κ1) is 15.2. The minimum Gasteiger partial charge on any atom is -0.457 e. The molecule has 0 saturated heterocycles. The largest absolute Gasteiger partial charge is 0.457 e. The van der Waals surface area contributed by atoms with Gasteiger partial charge >= 0.3 is 6.18 Å². The molecular weight excluding hydrogens is 305 g/mol. The van der Waals surface area contributed by atoms with Crippen molar-refractivity contribution < 1.29 is 17.9 Å². The Bertz CT molecular complexity index is 686. The third kappa shape index (κ3) is 3.66. The minimum absolute atomic E-state index is 0.0535. The lowest BCUT2D eigenvalue weighted by Crippen LogP contribution is -2.14. The molecule has 0 bridgehead atoms. The molecule has 0 aliphatic rings. The number of hydrogen-bond donors (Lipinski definition) is 2. The van der Waals surface area contributed by atoms with Gasteiger partial charge in [-0.05, 0) is 36.4 Å². The summed E-state index contributed by atoms with van der Waals surface area (Å²) in [6.07, 6.45) is -4.52. The van der Waals surface area contributed by atoms with Gasteiger partial charge in [0.2, 0.25) is 0 Å². The number of benzene rings is 2. The molecule has 3 N–H and O–H groups in total. The van der Waals surface area contributed by atoms with E-state index in [-0.39, 0.29) is 11.3 Å². The fraction of sp³-hybridized carbons (Fsp3) is 0.0714. The summed E-state index contributed by atoms with van der Waals surface area (Å²) in [5, 5.41) is 7.81. The molecule has 0 fully saturated rings. The van der Waals surface area contributed by atoms with Crippen LogP contribution in [0.5, 0.6) is 11.5 Å². The number of alkyl halides is 3. The highest BCUT2D eigenvalue weighted by atomic mass is 35.5. The topological polar surface area (TPSA) is 59.1 Å². The molecule has 0 aliphatic carbocycles. The van der Waals surface area contributed by atoms with E-state index in [0.29, 0.717) is 10.8 Å². The van der Waals surface area contributed by atoms with E-state index in [2.05, 4.69) is 0 Å². The molecular formula is C14H10ClF3N2O. The van der Waals surface area contributed by atoms with Crippen LogP contribution < -0.4 is 10.5 Å². The maximum absolute atomic E-state index is 12.7. The van der Waals surface area contributed by atoms with Gasteiger partial charge in [-0.2, -0.15) is 13.2 Å². The van der Waals surface area contributed by atoms with Gasteiger partial charge in [0.05, 0.1) is 11.1 Å². The Morgan fingerprint density at radius 2 is 1.86 bits per heavy atom. The molecule has 110 valence electrons. The highest BCUT2D eigenvalue weighted by molar-refractivity contribution is 6.30. The van der Waals surface area contributed by atoms with Crippen LogP contribution in [0.2, 0.25) is 5.02 Å². The zero-order valence-electron chi connectivity index (χ0n) is 10.5. The van der Waals surface area contributed by atoms with E-state index in [1.807, 2.05) is 0 Å². The van der Waals surface area contributed by atoms with Crippen molar-refractivity contribution in [3.8, 4) is 11.5 Å². The molecule has 0 atom stereocenters. The SMILES string of the molecule is N=C(N)c1cc(C(F)(F)F)ccc1Oc1cccc(Cl)c1. The molecule has 0 amide bonds. The molecule has 21 heavy (non-hydrogen) atoms. The van der Waals surface area contributed by atoms with Crippen molar-refractivity contribution in [1.82, 2.24) is 0 Å². The first-order valence-corrected chi connectivity index (χ1v) is 6.14. The first-order valence-electron chi connectivity index (χ1n) is 5.76. The van der Waals surface area contributed by atoms with Crippen LogP contribution in [-0.2, 0) is 6.18 Å². The van der Waals surface area contributed by atoms with E-state index in [1.165, 1.54) is 6.07 Å². The molecule has 0 radical (unpaired) electrons. The number of nitrogens with two attached hydrogens (primary N) is 1. The average molecular weight is 315 g/mol. The van der Waals surface area contributed by atoms with Crippen LogP contribution in [0.4, 0.5) is 13.2 Å². The van der Waals surface area contributed by atoms with Crippen LogP contribution in [0.15, 0.2) is 42.5 Å². The fourth-order valence-corrected chi connectivity index (χ4v) is 1.84. The summed E-state index contributed by atoms with van der Waals surface area (Å²) in [5.74, 6) is -0.124. The standard InChI is InChI=1S/C14H10ClF3N2O/c15-9-2-1-3-10(7-9)21-12-5-4-8(14(16,17)18)6-11(12)13(19)20/h1-7H,(H3,19,20). The number of ether oxygens (including phenoxy) is 1. The molecule has 2 rings (SSSR count). The Hall–Kier alpha value is -2.21. The van der Waals surface area contributed by atoms with Crippen molar-refractivity contribution in [2.24, 2.45) is 5.73 Å². The van der Waals surface area contributed by atoms with Gasteiger partial charge in [-0.3, -0.25) is 5.41 Å². The lowest BCUT2D eigenvalue weighted by atomic mass is 10.1. The predicted octanol–water partition coefficient (Wildman–Crippen LogP) is 4.44. The second-order valence-corrected chi connectivity index (χ2v) is 4.62. The number of amidine groups is 1. The van der Waals surface area contributed by atoms with E-state index in [1.54, 1.807) is 18.2 Å². The van der Waals surface area contributed by atoms with Crippen LogP contribution >= 0.6 is 11.6 Å². The zero-order valence-corrected chi connectivity index (χ0v) is 11.3. The maximum atomic E-state index is 12.7. The van der Waals surface area contributed by atoms with Gasteiger partial charge in [0, 0.05) is 5.02 Å². The highest BCUT2D eigenvalue weighted by Crippen LogP contribution is 2.34. The summed E-state index contributed by atoms with van der Waals surface area (Å²) in [4.78, 5) is 0. The Kier molecular flexibility index (Phi) is 4.09. The van der Waals surface area contributed by atoms with Gasteiger partial charge < -0.3 is 10.5 Å². The summed E-state index contributed by atoms with van der Waals surface area (Å²) in [5.41, 5.74) is 4.29. The molecule has 0 saturated carbocycles. The summed E-state index contributed by atoms with van der Waals surface area (Å²) >= 11 is 5.80. The highest BCUT2D eigenvalue weighted by Gasteiger charge is 2.31. The molecule has 0 aliphatic heterocycles. The van der Waals surface area contributed by atoms with Crippen LogP contribution in [0.25, 0.3) is 0 Å². The van der Waals surface area contributed by atoms with Crippen LogP contribution in [-0.4, -0.2) is 5.84 Å². The van der Waals surface area contributed by atoms with Gasteiger partial charge in [-0.15, -0.1) is 0 Å². The van der Waals surface area contributed by atoms with Crippen LogP contribution in [0.3, 0.4) is 0 Å². The average Bonchev–Trinajstić information content (AvgIpc) is 2.37. The van der Waals surface area contributed by atoms with Crippen molar-refractivity contribution >= 4 is 17.4 Å². The Morgan fingerprint density at radius 3 is 2.43 bits per heavy atom. The third-order valence-corrected chi connectivity index (χ3v) is 2.86. The normalized spacial score (nSPS) is 11.2. The van der Waals surface area contributed by atoms with E-state index in [4.69, 9.17) is 27.5 Å². The summed E-state index contributed by atoms with van der Waals surface area (Å²) in [6.45, 7) is 0. The molecule has 2 aromatic carbocycles. The zero-order chi connectivity index (χ0) is 15.6. The summed E-state index contributed by atoms with van der Waals surface area (Å²) in [6, 6.07) is 9.13. The van der Waals surface area contributed by atoms with Gasteiger partial charge in [-0.1, -0.05) is 17.7 Å². The van der Waals surface area contributed by atoms with Crippen molar-refractivity contribution in [2.45, 2.75) is 6.18 Å². The van der Waals surface area contributed by atoms with Gasteiger partial charge in [0.15, 0.2) is 0 Å². The van der Waals surface area contributed by atoms with E-state index in [9.17, 15) is 13.2 Å². The number of nitrogens with one attached hydrogen (secondary N) is 1. The number of nitrogen functional groups attached to an aromatic ring is 1. The monoisotopic (exact) mass is 314 g/mol. The van der Waals surface area contributed by atoms with E-state index in [0.717, 1.165) is 18.2 Å². The summed E-state index contributed by atoms with van der Waals surface area (Å²) < 4.78 is 43.5. The quantitative estimate of drug-likeness (QED) is 0.650. The number of rotatable bonds is 3. The van der Waals surface area contributed by atoms with E-state index < -0.39 is 17.6 Å². The first-order chi connectivity index (χ1) is 9.77. The predicted molar refractivity (Wildman–Crippen MR) is 74.0 cm³/mol. The smallest absolute Gasteiger partial charge is 0.416 e. The second kappa shape index (κ2) is 5.65. The fourth-order valence-electron chi connectivity index (χ4n) is 1.66. The summed E-state index contributed by atoms with van der Waals surface area (Å²) in [7, 11) is 0. The molecule has 7 heteroatoms. The second-order valence-electron chi connectivity index (χ2n) is 4.18. The molecule has 0 spiro atoms. The van der Waals surface area contributed by atoms with Crippen molar-refractivity contribution in [2.75, 3.05) is 0 Å². The number of halogens is 4. The van der Waals surface area contributed by atoms with Crippen LogP contribution in [0, 0.1) is 5.41 Å². The Morgan fingerprint density at radius 1 is 1.14 bits per heavy atom.